The number of hydrazine groups is 1. The van der Waals surface area contributed by atoms with E-state index in [1.165, 1.54) is 5.56 Å². The van der Waals surface area contributed by atoms with Crippen LogP contribution in [0.1, 0.15) is 17.2 Å². The zero-order valence-corrected chi connectivity index (χ0v) is 11.3. The summed E-state index contributed by atoms with van der Waals surface area (Å²) in [5.41, 5.74) is 4.80. The molecule has 3 nitrogen and oxygen atoms in total. The molecule has 0 bridgehead atoms. The molecule has 0 amide bonds. The second kappa shape index (κ2) is 5.69. The highest BCUT2D eigenvalue weighted by molar-refractivity contribution is 9.10. The first-order chi connectivity index (χ1) is 8.20. The van der Waals surface area contributed by atoms with Gasteiger partial charge in [0.2, 0.25) is 0 Å². The summed E-state index contributed by atoms with van der Waals surface area (Å²) >= 11 is 9.34. The average Bonchev–Trinajstić information content (AvgIpc) is 2.75. The molecule has 0 aliphatic carbocycles. The molecule has 1 unspecified atom stereocenters. The van der Waals surface area contributed by atoms with Gasteiger partial charge in [-0.2, -0.15) is 0 Å². The lowest BCUT2D eigenvalue weighted by Gasteiger charge is -2.14. The molecule has 90 valence electrons. The molecule has 1 atom stereocenters. The van der Waals surface area contributed by atoms with Gasteiger partial charge in [-0.3, -0.25) is 11.3 Å². The summed E-state index contributed by atoms with van der Waals surface area (Å²) in [6.07, 6.45) is 2.31. The van der Waals surface area contributed by atoms with Crippen molar-refractivity contribution >= 4 is 27.5 Å². The number of benzene rings is 1. The summed E-state index contributed by atoms with van der Waals surface area (Å²) in [5.74, 6) is 5.55. The molecule has 0 fully saturated rings. The molecule has 17 heavy (non-hydrogen) atoms. The summed E-state index contributed by atoms with van der Waals surface area (Å²) in [6, 6.07) is 9.86. The van der Waals surface area contributed by atoms with Crippen LogP contribution >= 0.6 is 27.5 Å². The van der Waals surface area contributed by atoms with Crippen molar-refractivity contribution in [3.8, 4) is 0 Å². The minimum absolute atomic E-state index is 0.0533. The summed E-state index contributed by atoms with van der Waals surface area (Å²) in [4.78, 5) is 0. The highest BCUT2D eigenvalue weighted by Gasteiger charge is 2.16. The van der Waals surface area contributed by atoms with Crippen molar-refractivity contribution in [3.05, 3.63) is 57.4 Å². The van der Waals surface area contributed by atoms with E-state index in [4.69, 9.17) is 21.9 Å². The van der Waals surface area contributed by atoms with Crippen molar-refractivity contribution in [2.75, 3.05) is 0 Å². The Labute approximate surface area is 113 Å². The molecule has 0 spiro atoms. The molecule has 0 aliphatic rings. The Kier molecular flexibility index (Phi) is 4.23. The van der Waals surface area contributed by atoms with Gasteiger partial charge in [-0.15, -0.1) is 0 Å². The van der Waals surface area contributed by atoms with Gasteiger partial charge in [-0.25, -0.2) is 0 Å². The molecule has 2 rings (SSSR count). The van der Waals surface area contributed by atoms with Crippen molar-refractivity contribution in [1.29, 1.82) is 0 Å². The van der Waals surface area contributed by atoms with Crippen molar-refractivity contribution < 1.29 is 4.42 Å². The van der Waals surface area contributed by atoms with E-state index in [9.17, 15) is 0 Å². The topological polar surface area (TPSA) is 51.2 Å². The molecular weight excluding hydrogens is 304 g/mol. The molecule has 0 saturated heterocycles. The van der Waals surface area contributed by atoms with E-state index >= 15 is 0 Å². The summed E-state index contributed by atoms with van der Waals surface area (Å²) in [7, 11) is 0. The summed E-state index contributed by atoms with van der Waals surface area (Å²) < 4.78 is 6.12. The number of nitrogens with two attached hydrogens (primary N) is 1. The van der Waals surface area contributed by atoms with Gasteiger partial charge in [-0.1, -0.05) is 28.1 Å². The van der Waals surface area contributed by atoms with Crippen LogP contribution in [0.5, 0.6) is 0 Å². The lowest BCUT2D eigenvalue weighted by molar-refractivity contribution is 0.527. The molecule has 2 aromatic rings. The van der Waals surface area contributed by atoms with E-state index < -0.39 is 0 Å². The quantitative estimate of drug-likeness (QED) is 0.671. The second-order valence-electron chi connectivity index (χ2n) is 3.70. The summed E-state index contributed by atoms with van der Waals surface area (Å²) in [5, 5.41) is 0.380. The van der Waals surface area contributed by atoms with Crippen LogP contribution in [0.15, 0.2) is 45.5 Å². The maximum Gasteiger partial charge on any atom is 0.197 e. The maximum absolute atomic E-state index is 5.94. The third-order valence-corrected chi connectivity index (χ3v) is 3.41. The van der Waals surface area contributed by atoms with E-state index in [0.717, 1.165) is 16.5 Å². The van der Waals surface area contributed by atoms with Crippen LogP contribution in [0, 0.1) is 0 Å². The van der Waals surface area contributed by atoms with Gasteiger partial charge < -0.3 is 4.42 Å². The van der Waals surface area contributed by atoms with Gasteiger partial charge in [0.25, 0.3) is 0 Å². The monoisotopic (exact) mass is 314 g/mol. The number of rotatable bonds is 4. The smallest absolute Gasteiger partial charge is 0.197 e. The van der Waals surface area contributed by atoms with Gasteiger partial charge in [0, 0.05) is 10.0 Å². The molecule has 0 aliphatic heterocycles. The van der Waals surface area contributed by atoms with Crippen LogP contribution in [0.3, 0.4) is 0 Å². The second-order valence-corrected chi connectivity index (χ2v) is 4.96. The number of halogens is 2. The normalized spacial score (nSPS) is 12.6. The van der Waals surface area contributed by atoms with Gasteiger partial charge in [-0.05, 0) is 41.8 Å². The molecule has 1 heterocycles. The van der Waals surface area contributed by atoms with Crippen LogP contribution < -0.4 is 11.3 Å². The third kappa shape index (κ3) is 3.10. The minimum Gasteiger partial charge on any atom is -0.453 e. The van der Waals surface area contributed by atoms with E-state index in [1.54, 1.807) is 6.26 Å². The fourth-order valence-corrected chi connectivity index (χ4v) is 2.18. The lowest BCUT2D eigenvalue weighted by Crippen LogP contribution is -2.29. The lowest BCUT2D eigenvalue weighted by atomic mass is 10.0. The highest BCUT2D eigenvalue weighted by Crippen LogP contribution is 2.26. The maximum atomic E-state index is 5.94. The molecule has 1 aromatic carbocycles. The predicted molar refractivity (Wildman–Crippen MR) is 71.6 cm³/mol. The van der Waals surface area contributed by atoms with Crippen LogP contribution in [-0.2, 0) is 6.42 Å². The summed E-state index contributed by atoms with van der Waals surface area (Å²) in [6.45, 7) is 0. The van der Waals surface area contributed by atoms with Gasteiger partial charge in [0.05, 0.1) is 12.3 Å². The van der Waals surface area contributed by atoms with Gasteiger partial charge >= 0.3 is 0 Å². The van der Waals surface area contributed by atoms with Crippen LogP contribution in [0.2, 0.25) is 5.22 Å². The first-order valence-corrected chi connectivity index (χ1v) is 6.31. The Hall–Kier alpha value is -0.810. The number of furan rings is 1. The Morgan fingerprint density at radius 3 is 2.53 bits per heavy atom. The number of hydrogen-bond acceptors (Lipinski definition) is 3. The molecule has 0 radical (unpaired) electrons. The zero-order valence-electron chi connectivity index (χ0n) is 8.99. The van der Waals surface area contributed by atoms with Crippen LogP contribution in [-0.4, -0.2) is 0 Å². The molecule has 5 heteroatoms. The average molecular weight is 316 g/mol. The molecular formula is C12H12BrClN2O. The Morgan fingerprint density at radius 2 is 2.00 bits per heavy atom. The molecule has 1 aromatic heterocycles. The van der Waals surface area contributed by atoms with Crippen molar-refractivity contribution in [1.82, 2.24) is 5.43 Å². The predicted octanol–water partition coefficient (Wildman–Crippen LogP) is 3.44. The minimum atomic E-state index is -0.0533. The first kappa shape index (κ1) is 12.6. The first-order valence-electron chi connectivity index (χ1n) is 5.14. The van der Waals surface area contributed by atoms with Crippen molar-refractivity contribution in [2.24, 2.45) is 5.84 Å². The number of nitrogens with one attached hydrogen (secondary N) is 1. The van der Waals surface area contributed by atoms with Gasteiger partial charge in [0.15, 0.2) is 5.22 Å². The van der Waals surface area contributed by atoms with Gasteiger partial charge in [0.1, 0.15) is 0 Å². The third-order valence-electron chi connectivity index (χ3n) is 2.58. The van der Waals surface area contributed by atoms with E-state index in [1.807, 2.05) is 30.3 Å². The van der Waals surface area contributed by atoms with E-state index in [0.29, 0.717) is 5.22 Å². The Balaban J connectivity index is 2.16. The largest absolute Gasteiger partial charge is 0.453 e. The Morgan fingerprint density at radius 1 is 1.29 bits per heavy atom. The van der Waals surface area contributed by atoms with Crippen LogP contribution in [0.4, 0.5) is 0 Å². The highest BCUT2D eigenvalue weighted by atomic mass is 79.9. The van der Waals surface area contributed by atoms with E-state index in [2.05, 4.69) is 21.4 Å². The standard InChI is InChI=1S/C12H12BrClN2O/c13-9-3-1-8(2-4-9)7-11(16-15)10-5-6-17-12(10)14/h1-6,11,16H,7,15H2. The Bertz CT molecular complexity index is 484. The van der Waals surface area contributed by atoms with E-state index in [-0.39, 0.29) is 6.04 Å². The molecule has 3 N–H and O–H groups in total. The SMILES string of the molecule is NNC(Cc1ccc(Br)cc1)c1ccoc1Cl. The molecule has 0 saturated carbocycles. The fraction of sp³-hybridized carbons (Fsp3) is 0.167. The van der Waals surface area contributed by atoms with Crippen molar-refractivity contribution in [3.63, 3.8) is 0 Å². The number of hydrogen-bond donors (Lipinski definition) is 2. The van der Waals surface area contributed by atoms with Crippen LogP contribution in [0.25, 0.3) is 0 Å². The van der Waals surface area contributed by atoms with Crippen molar-refractivity contribution in [2.45, 2.75) is 12.5 Å². The fourth-order valence-electron chi connectivity index (χ4n) is 1.67. The zero-order chi connectivity index (χ0) is 12.3.